The fourth-order valence-electron chi connectivity index (χ4n) is 2.57. The van der Waals surface area contributed by atoms with Gasteiger partial charge < -0.3 is 0 Å². The second-order valence-corrected chi connectivity index (χ2v) is 8.41. The predicted molar refractivity (Wildman–Crippen MR) is 84.3 cm³/mol. The predicted octanol–water partition coefficient (Wildman–Crippen LogP) is 4.04. The van der Waals surface area contributed by atoms with Gasteiger partial charge >= 0.3 is 0 Å². The summed E-state index contributed by atoms with van der Waals surface area (Å²) in [7, 11) is -3.45. The van der Waals surface area contributed by atoms with Crippen LogP contribution in [0.3, 0.4) is 0 Å². The number of sulfonamides is 1. The van der Waals surface area contributed by atoms with Crippen molar-refractivity contribution in [2.24, 2.45) is 0 Å². The molecule has 3 rings (SSSR count). The van der Waals surface area contributed by atoms with Crippen LogP contribution < -0.4 is 0 Å². The molecule has 1 aliphatic rings. The van der Waals surface area contributed by atoms with Crippen molar-refractivity contribution in [2.45, 2.75) is 23.8 Å². The van der Waals surface area contributed by atoms with Gasteiger partial charge in [0.15, 0.2) is 0 Å². The van der Waals surface area contributed by atoms with Crippen LogP contribution in [-0.4, -0.2) is 19.3 Å². The molecule has 0 amide bonds. The molecule has 1 aliphatic heterocycles. The topological polar surface area (TPSA) is 37.4 Å². The van der Waals surface area contributed by atoms with Gasteiger partial charge in [-0.05, 0) is 52.4 Å². The molecular formula is C14H14BrNO2S2. The minimum absolute atomic E-state index is 0.0212. The maximum Gasteiger partial charge on any atom is 0.244 e. The molecule has 1 saturated heterocycles. The lowest BCUT2D eigenvalue weighted by Crippen LogP contribution is -2.30. The summed E-state index contributed by atoms with van der Waals surface area (Å²) in [6.07, 6.45) is 1.80. The zero-order valence-corrected chi connectivity index (χ0v) is 13.9. The summed E-state index contributed by atoms with van der Waals surface area (Å²) in [5.41, 5.74) is 0. The van der Waals surface area contributed by atoms with Gasteiger partial charge in [0.1, 0.15) is 0 Å². The number of thiophene rings is 1. The third kappa shape index (κ3) is 2.45. The van der Waals surface area contributed by atoms with Crippen LogP contribution in [0.15, 0.2) is 51.1 Å². The standard InChI is InChI=1S/C14H14BrNO2S2/c15-11-5-1-2-8-14(11)20(17,18)16-9-3-6-12(16)13-7-4-10-19-13/h1-2,4-5,7-8,10,12H,3,6,9H2/t12-/m1/s1. The lowest BCUT2D eigenvalue weighted by molar-refractivity contribution is 0.400. The Kier molecular flexibility index (Phi) is 3.99. The van der Waals surface area contributed by atoms with Crippen LogP contribution in [0, 0.1) is 0 Å². The Morgan fingerprint density at radius 2 is 2.00 bits per heavy atom. The van der Waals surface area contributed by atoms with E-state index >= 15 is 0 Å². The summed E-state index contributed by atoms with van der Waals surface area (Å²) in [6.45, 7) is 0.590. The highest BCUT2D eigenvalue weighted by molar-refractivity contribution is 9.10. The molecule has 1 atom stereocenters. The quantitative estimate of drug-likeness (QED) is 0.816. The van der Waals surface area contributed by atoms with Crippen LogP contribution in [0.25, 0.3) is 0 Å². The van der Waals surface area contributed by atoms with Gasteiger partial charge in [-0.15, -0.1) is 11.3 Å². The number of benzene rings is 1. The summed E-state index contributed by atoms with van der Waals surface area (Å²) in [5, 5.41) is 2.00. The van der Waals surface area contributed by atoms with E-state index in [2.05, 4.69) is 15.9 Å². The van der Waals surface area contributed by atoms with E-state index in [1.807, 2.05) is 23.6 Å². The summed E-state index contributed by atoms with van der Waals surface area (Å²) in [6, 6.07) is 11.0. The number of nitrogens with zero attached hydrogens (tertiary/aromatic N) is 1. The molecule has 0 saturated carbocycles. The molecule has 3 nitrogen and oxygen atoms in total. The minimum atomic E-state index is -3.45. The Morgan fingerprint density at radius 1 is 1.20 bits per heavy atom. The average Bonchev–Trinajstić information content (AvgIpc) is 3.10. The van der Waals surface area contributed by atoms with Crippen molar-refractivity contribution in [2.75, 3.05) is 6.54 Å². The second kappa shape index (κ2) is 5.60. The van der Waals surface area contributed by atoms with E-state index in [0.29, 0.717) is 15.9 Å². The molecule has 0 aliphatic carbocycles. The van der Waals surface area contributed by atoms with Crippen LogP contribution in [0.1, 0.15) is 23.8 Å². The van der Waals surface area contributed by atoms with Crippen molar-refractivity contribution in [3.05, 3.63) is 51.1 Å². The Morgan fingerprint density at radius 3 is 2.70 bits per heavy atom. The van der Waals surface area contributed by atoms with Gasteiger partial charge in [0.05, 0.1) is 10.9 Å². The van der Waals surface area contributed by atoms with E-state index in [1.54, 1.807) is 33.8 Å². The molecule has 0 N–H and O–H groups in total. The van der Waals surface area contributed by atoms with Crippen LogP contribution in [0.2, 0.25) is 0 Å². The third-order valence-electron chi connectivity index (χ3n) is 3.50. The van der Waals surface area contributed by atoms with E-state index < -0.39 is 10.0 Å². The number of hydrogen-bond donors (Lipinski definition) is 0. The molecule has 0 radical (unpaired) electrons. The lowest BCUT2D eigenvalue weighted by atomic mass is 10.2. The molecule has 20 heavy (non-hydrogen) atoms. The number of halogens is 1. The molecule has 2 heterocycles. The van der Waals surface area contributed by atoms with Gasteiger partial charge in [-0.2, -0.15) is 4.31 Å². The highest BCUT2D eigenvalue weighted by Gasteiger charge is 2.37. The first-order valence-electron chi connectivity index (χ1n) is 6.40. The molecule has 1 aromatic heterocycles. The summed E-state index contributed by atoms with van der Waals surface area (Å²) in [5.74, 6) is 0. The highest BCUT2D eigenvalue weighted by atomic mass is 79.9. The second-order valence-electron chi connectivity index (χ2n) is 4.72. The molecule has 0 bridgehead atoms. The zero-order chi connectivity index (χ0) is 14.2. The van der Waals surface area contributed by atoms with Crippen LogP contribution >= 0.6 is 27.3 Å². The van der Waals surface area contributed by atoms with E-state index in [0.717, 1.165) is 17.7 Å². The summed E-state index contributed by atoms with van der Waals surface area (Å²) < 4.78 is 28.0. The number of rotatable bonds is 3. The Bertz CT molecular complexity index is 698. The maximum atomic E-state index is 12.9. The van der Waals surface area contributed by atoms with Crippen molar-refractivity contribution >= 4 is 37.3 Å². The molecule has 0 spiro atoms. The van der Waals surface area contributed by atoms with Gasteiger partial charge in [0, 0.05) is 15.9 Å². The normalized spacial score (nSPS) is 20.4. The molecule has 1 fully saturated rings. The zero-order valence-electron chi connectivity index (χ0n) is 10.7. The first kappa shape index (κ1) is 14.3. The summed E-state index contributed by atoms with van der Waals surface area (Å²) >= 11 is 4.97. The van der Waals surface area contributed by atoms with Crippen molar-refractivity contribution in [3.63, 3.8) is 0 Å². The highest BCUT2D eigenvalue weighted by Crippen LogP contribution is 2.39. The average molecular weight is 372 g/mol. The van der Waals surface area contributed by atoms with Crippen molar-refractivity contribution in [1.29, 1.82) is 0 Å². The molecule has 6 heteroatoms. The fourth-order valence-corrected chi connectivity index (χ4v) is 6.15. The third-order valence-corrected chi connectivity index (χ3v) is 7.39. The molecule has 0 unspecified atom stereocenters. The first-order valence-corrected chi connectivity index (χ1v) is 9.52. The van der Waals surface area contributed by atoms with Crippen LogP contribution in [-0.2, 0) is 10.0 Å². The van der Waals surface area contributed by atoms with Crippen LogP contribution in [0.5, 0.6) is 0 Å². The number of hydrogen-bond acceptors (Lipinski definition) is 3. The van der Waals surface area contributed by atoms with Crippen molar-refractivity contribution < 1.29 is 8.42 Å². The van der Waals surface area contributed by atoms with Crippen molar-refractivity contribution in [1.82, 2.24) is 4.31 Å². The van der Waals surface area contributed by atoms with Gasteiger partial charge in [-0.3, -0.25) is 0 Å². The van der Waals surface area contributed by atoms with Gasteiger partial charge in [0.25, 0.3) is 0 Å². The Balaban J connectivity index is 2.01. The van der Waals surface area contributed by atoms with E-state index in [-0.39, 0.29) is 6.04 Å². The van der Waals surface area contributed by atoms with E-state index in [1.165, 1.54) is 0 Å². The fraction of sp³-hybridized carbons (Fsp3) is 0.286. The largest absolute Gasteiger partial charge is 0.244 e. The monoisotopic (exact) mass is 371 g/mol. The Hall–Kier alpha value is -0.690. The van der Waals surface area contributed by atoms with Crippen LogP contribution in [0.4, 0.5) is 0 Å². The Labute approximate surface area is 131 Å². The first-order chi connectivity index (χ1) is 9.60. The summed E-state index contributed by atoms with van der Waals surface area (Å²) in [4.78, 5) is 1.47. The van der Waals surface area contributed by atoms with Gasteiger partial charge in [-0.25, -0.2) is 8.42 Å². The minimum Gasteiger partial charge on any atom is -0.207 e. The molecular weight excluding hydrogens is 358 g/mol. The van der Waals surface area contributed by atoms with Gasteiger partial charge in [0.2, 0.25) is 10.0 Å². The van der Waals surface area contributed by atoms with E-state index in [9.17, 15) is 8.42 Å². The maximum absolute atomic E-state index is 12.9. The van der Waals surface area contributed by atoms with E-state index in [4.69, 9.17) is 0 Å². The molecule has 106 valence electrons. The smallest absolute Gasteiger partial charge is 0.207 e. The molecule has 2 aromatic rings. The van der Waals surface area contributed by atoms with Gasteiger partial charge in [-0.1, -0.05) is 18.2 Å². The van der Waals surface area contributed by atoms with Crippen molar-refractivity contribution in [3.8, 4) is 0 Å². The lowest BCUT2D eigenvalue weighted by Gasteiger charge is -2.23. The molecule has 1 aromatic carbocycles. The SMILES string of the molecule is O=S(=O)(c1ccccc1Br)N1CCC[C@@H]1c1cccs1.